The molecule has 24 heavy (non-hydrogen) atoms. The fourth-order valence-electron chi connectivity index (χ4n) is 3.55. The molecule has 1 heterocycles. The van der Waals surface area contributed by atoms with Crippen LogP contribution in [0.25, 0.3) is 0 Å². The molecule has 1 aliphatic carbocycles. The molecule has 1 fully saturated rings. The number of ether oxygens (including phenoxy) is 2. The van der Waals surface area contributed by atoms with Crippen molar-refractivity contribution in [3.8, 4) is 5.75 Å². The first kappa shape index (κ1) is 17.1. The maximum Gasteiger partial charge on any atom is 0.320 e. The lowest BCUT2D eigenvalue weighted by Gasteiger charge is -2.47. The second kappa shape index (κ2) is 6.28. The van der Waals surface area contributed by atoms with Gasteiger partial charge in [0.05, 0.1) is 19.8 Å². The average molecular weight is 332 g/mol. The SMILES string of the molecule is COc1ccc2c(c1)CCC1C2OCCN1C(=O)N(C)C(C)(C)C. The minimum Gasteiger partial charge on any atom is -0.497 e. The first-order valence-electron chi connectivity index (χ1n) is 8.66. The molecule has 3 rings (SSSR count). The third-order valence-electron chi connectivity index (χ3n) is 5.28. The van der Waals surface area contributed by atoms with Gasteiger partial charge in [0.1, 0.15) is 11.9 Å². The minimum atomic E-state index is -0.190. The summed E-state index contributed by atoms with van der Waals surface area (Å²) in [5.41, 5.74) is 2.28. The summed E-state index contributed by atoms with van der Waals surface area (Å²) in [6, 6.07) is 6.37. The number of morpholine rings is 1. The van der Waals surface area contributed by atoms with Gasteiger partial charge in [0, 0.05) is 19.1 Å². The van der Waals surface area contributed by atoms with Crippen LogP contribution >= 0.6 is 0 Å². The predicted molar refractivity (Wildman–Crippen MR) is 93.4 cm³/mol. The van der Waals surface area contributed by atoms with Crippen LogP contribution < -0.4 is 4.74 Å². The fraction of sp³-hybridized carbons (Fsp3) is 0.632. The lowest BCUT2D eigenvalue weighted by molar-refractivity contribution is -0.0690. The van der Waals surface area contributed by atoms with Gasteiger partial charge in [-0.15, -0.1) is 0 Å². The summed E-state index contributed by atoms with van der Waals surface area (Å²) in [6.45, 7) is 7.42. The number of carbonyl (C=O) groups is 1. The van der Waals surface area contributed by atoms with Gasteiger partial charge in [-0.2, -0.15) is 0 Å². The zero-order valence-corrected chi connectivity index (χ0v) is 15.3. The number of amides is 2. The molecule has 132 valence electrons. The first-order valence-corrected chi connectivity index (χ1v) is 8.66. The van der Waals surface area contributed by atoms with Gasteiger partial charge in [0.15, 0.2) is 0 Å². The Labute approximate surface area is 144 Å². The normalized spacial score (nSPS) is 23.3. The van der Waals surface area contributed by atoms with E-state index >= 15 is 0 Å². The van der Waals surface area contributed by atoms with Crippen molar-refractivity contribution in [3.05, 3.63) is 29.3 Å². The zero-order valence-electron chi connectivity index (χ0n) is 15.3. The van der Waals surface area contributed by atoms with Crippen LogP contribution in [0.15, 0.2) is 18.2 Å². The fourth-order valence-corrected chi connectivity index (χ4v) is 3.55. The Hall–Kier alpha value is -1.75. The Morgan fingerprint density at radius 3 is 2.79 bits per heavy atom. The number of aryl methyl sites for hydroxylation is 1. The van der Waals surface area contributed by atoms with Crippen LogP contribution in [0, 0.1) is 0 Å². The highest BCUT2D eigenvalue weighted by Gasteiger charge is 2.41. The molecule has 0 N–H and O–H groups in total. The molecule has 1 aromatic carbocycles. The number of carbonyl (C=O) groups excluding carboxylic acids is 1. The Kier molecular flexibility index (Phi) is 4.47. The number of benzene rings is 1. The summed E-state index contributed by atoms with van der Waals surface area (Å²) < 4.78 is 11.4. The molecule has 1 saturated heterocycles. The summed E-state index contributed by atoms with van der Waals surface area (Å²) >= 11 is 0. The van der Waals surface area contributed by atoms with E-state index in [0.717, 1.165) is 18.6 Å². The number of rotatable bonds is 1. The van der Waals surface area contributed by atoms with E-state index in [0.29, 0.717) is 13.2 Å². The largest absolute Gasteiger partial charge is 0.497 e. The van der Waals surface area contributed by atoms with E-state index in [2.05, 4.69) is 32.9 Å². The Bertz CT molecular complexity index is 624. The average Bonchev–Trinajstić information content (AvgIpc) is 2.58. The molecule has 5 heteroatoms. The Morgan fingerprint density at radius 2 is 2.12 bits per heavy atom. The van der Waals surface area contributed by atoms with Crippen molar-refractivity contribution < 1.29 is 14.3 Å². The monoisotopic (exact) mass is 332 g/mol. The van der Waals surface area contributed by atoms with E-state index in [-0.39, 0.29) is 23.7 Å². The van der Waals surface area contributed by atoms with Crippen molar-refractivity contribution in [1.29, 1.82) is 0 Å². The summed E-state index contributed by atoms with van der Waals surface area (Å²) in [5.74, 6) is 0.878. The van der Waals surface area contributed by atoms with Crippen LogP contribution in [0.3, 0.4) is 0 Å². The van der Waals surface area contributed by atoms with Crippen LogP contribution in [0.4, 0.5) is 4.79 Å². The molecule has 0 aromatic heterocycles. The third kappa shape index (κ3) is 2.97. The van der Waals surface area contributed by atoms with Gasteiger partial charge in [0.2, 0.25) is 0 Å². The van der Waals surface area contributed by atoms with E-state index in [1.807, 2.05) is 22.9 Å². The molecule has 0 saturated carbocycles. The van der Waals surface area contributed by atoms with Crippen LogP contribution in [-0.4, -0.2) is 54.7 Å². The zero-order chi connectivity index (χ0) is 17.5. The van der Waals surface area contributed by atoms with Crippen molar-refractivity contribution in [2.75, 3.05) is 27.3 Å². The second-order valence-corrected chi connectivity index (χ2v) is 7.67. The maximum absolute atomic E-state index is 13.0. The van der Waals surface area contributed by atoms with E-state index < -0.39 is 0 Å². The highest BCUT2D eigenvalue weighted by molar-refractivity contribution is 5.75. The predicted octanol–water partition coefficient (Wildman–Crippen LogP) is 3.23. The van der Waals surface area contributed by atoms with Gasteiger partial charge >= 0.3 is 6.03 Å². The van der Waals surface area contributed by atoms with Gasteiger partial charge in [0.25, 0.3) is 0 Å². The minimum absolute atomic E-state index is 0.0364. The van der Waals surface area contributed by atoms with Crippen molar-refractivity contribution in [2.24, 2.45) is 0 Å². The highest BCUT2D eigenvalue weighted by Crippen LogP contribution is 2.39. The Morgan fingerprint density at radius 1 is 1.38 bits per heavy atom. The smallest absolute Gasteiger partial charge is 0.320 e. The van der Waals surface area contributed by atoms with Crippen molar-refractivity contribution in [2.45, 2.75) is 51.3 Å². The number of hydrogen-bond donors (Lipinski definition) is 0. The molecule has 5 nitrogen and oxygen atoms in total. The van der Waals surface area contributed by atoms with Gasteiger partial charge < -0.3 is 19.3 Å². The summed E-state index contributed by atoms with van der Waals surface area (Å²) in [5, 5.41) is 0. The summed E-state index contributed by atoms with van der Waals surface area (Å²) in [7, 11) is 3.57. The number of fused-ring (bicyclic) bond motifs is 3. The van der Waals surface area contributed by atoms with Gasteiger partial charge in [-0.1, -0.05) is 6.07 Å². The molecule has 2 unspecified atom stereocenters. The molecule has 0 radical (unpaired) electrons. The molecular formula is C19H28N2O3. The van der Waals surface area contributed by atoms with E-state index in [4.69, 9.17) is 9.47 Å². The third-order valence-corrected chi connectivity index (χ3v) is 5.28. The van der Waals surface area contributed by atoms with Crippen molar-refractivity contribution in [3.63, 3.8) is 0 Å². The number of methoxy groups -OCH3 is 1. The number of nitrogens with zero attached hydrogens (tertiary/aromatic N) is 2. The number of hydrogen-bond acceptors (Lipinski definition) is 3. The van der Waals surface area contributed by atoms with Crippen LogP contribution in [0.2, 0.25) is 0 Å². The standard InChI is InChI=1S/C19H28N2O3/c1-19(2,3)20(4)18(22)21-10-11-24-17-15-8-7-14(23-5)12-13(15)6-9-16(17)21/h7-8,12,16-17H,6,9-11H2,1-5H3. The lowest BCUT2D eigenvalue weighted by atomic mass is 9.84. The van der Waals surface area contributed by atoms with E-state index in [1.165, 1.54) is 11.1 Å². The maximum atomic E-state index is 13.0. The highest BCUT2D eigenvalue weighted by atomic mass is 16.5. The lowest BCUT2D eigenvalue weighted by Crippen LogP contribution is -2.58. The summed E-state index contributed by atoms with van der Waals surface area (Å²) in [4.78, 5) is 16.8. The molecule has 2 amide bonds. The molecule has 0 spiro atoms. The Balaban J connectivity index is 1.86. The number of urea groups is 1. The molecule has 2 atom stereocenters. The van der Waals surface area contributed by atoms with E-state index in [1.54, 1.807) is 7.11 Å². The molecule has 1 aliphatic heterocycles. The van der Waals surface area contributed by atoms with Crippen molar-refractivity contribution in [1.82, 2.24) is 9.80 Å². The van der Waals surface area contributed by atoms with Crippen molar-refractivity contribution >= 4 is 6.03 Å². The second-order valence-electron chi connectivity index (χ2n) is 7.67. The van der Waals surface area contributed by atoms with Crippen LogP contribution in [0.5, 0.6) is 5.75 Å². The quantitative estimate of drug-likeness (QED) is 0.793. The van der Waals surface area contributed by atoms with Gasteiger partial charge in [-0.05, 0) is 56.9 Å². The molecule has 1 aromatic rings. The summed E-state index contributed by atoms with van der Waals surface area (Å²) in [6.07, 6.45) is 1.83. The van der Waals surface area contributed by atoms with E-state index in [9.17, 15) is 4.79 Å². The van der Waals surface area contributed by atoms with Crippen LogP contribution in [-0.2, 0) is 11.2 Å². The molecular weight excluding hydrogens is 304 g/mol. The van der Waals surface area contributed by atoms with Gasteiger partial charge in [-0.3, -0.25) is 0 Å². The molecule has 0 bridgehead atoms. The topological polar surface area (TPSA) is 42.0 Å². The van der Waals surface area contributed by atoms with Gasteiger partial charge in [-0.25, -0.2) is 4.79 Å². The molecule has 2 aliphatic rings. The van der Waals surface area contributed by atoms with Crippen LogP contribution in [0.1, 0.15) is 44.4 Å². The first-order chi connectivity index (χ1) is 11.3.